The lowest BCUT2D eigenvalue weighted by Gasteiger charge is -2.15. The van der Waals surface area contributed by atoms with Crippen LogP contribution in [0.25, 0.3) is 21.9 Å². The van der Waals surface area contributed by atoms with Gasteiger partial charge < -0.3 is 56.0 Å². The number of thiazole rings is 1. The molecule has 0 unspecified atom stereocenters. The van der Waals surface area contributed by atoms with E-state index in [-0.39, 0.29) is 7.43 Å². The van der Waals surface area contributed by atoms with Crippen molar-refractivity contribution in [1.82, 2.24) is 66.4 Å². The SMILES string of the molecule is C.c1cc2c([nH]1)CCNC2.c1ccc2[nH]ccc2c1.c1ccc2[nH]cnc2c1.c1ccc2c(c1)CCN2.c1ccc2c(c1)CCNC2.c1ccc2c(c1)OCO2.c1n[nH]c2c1CCNC2.c1nc2c([nH]1)CNCC2.c1nc2c(s1)CCCC2. The van der Waals surface area contributed by atoms with Crippen LogP contribution in [-0.2, 0) is 71.1 Å². The molecule has 6 aliphatic heterocycles. The third kappa shape index (κ3) is 17.8. The molecule has 83 heavy (non-hydrogen) atoms. The van der Waals surface area contributed by atoms with Crippen LogP contribution >= 0.6 is 11.3 Å². The molecule has 1 aliphatic carbocycles. The maximum absolute atomic E-state index is 5.08. The molecule has 0 saturated heterocycles. The molecule has 0 saturated carbocycles. The Morgan fingerprint density at radius 3 is 1.86 bits per heavy atom. The van der Waals surface area contributed by atoms with Crippen LogP contribution in [0.15, 0.2) is 170 Å². The zero-order chi connectivity index (χ0) is 55.6. The fraction of sp³-hybridized carbons (Fsp3) is 0.303. The topological polar surface area (TPSA) is 209 Å². The van der Waals surface area contributed by atoms with Crippen molar-refractivity contribution in [3.05, 3.63) is 231 Å². The minimum Gasteiger partial charge on any atom is -0.454 e. The summed E-state index contributed by atoms with van der Waals surface area (Å²) in [6.07, 6.45) is 20.3. The molecule has 0 bridgehead atoms. The summed E-state index contributed by atoms with van der Waals surface area (Å²) >= 11 is 1.81. The van der Waals surface area contributed by atoms with Gasteiger partial charge in [-0.05, 0) is 140 Å². The normalized spacial score (nSPS) is 14.8. The van der Waals surface area contributed by atoms with E-state index >= 15 is 0 Å². The van der Waals surface area contributed by atoms with Gasteiger partial charge in [-0.2, -0.15) is 5.10 Å². The Morgan fingerprint density at radius 2 is 1.08 bits per heavy atom. The number of para-hydroxylation sites is 6. The Kier molecular flexibility index (Phi) is 23.1. The molecule has 432 valence electrons. The van der Waals surface area contributed by atoms with Crippen LogP contribution in [0.2, 0.25) is 0 Å². The molecule has 17 heteroatoms. The number of aromatic amines is 5. The number of hydrogen-bond acceptors (Lipinski definition) is 12. The molecule has 0 atom stereocenters. The highest BCUT2D eigenvalue weighted by atomic mass is 32.1. The lowest BCUT2D eigenvalue weighted by molar-refractivity contribution is 0.174. The lowest BCUT2D eigenvalue weighted by atomic mass is 10.0. The molecule has 5 aromatic carbocycles. The fourth-order valence-corrected chi connectivity index (χ4v) is 11.1. The van der Waals surface area contributed by atoms with Crippen LogP contribution in [-0.4, -0.2) is 84.6 Å². The smallest absolute Gasteiger partial charge is 0.231 e. The second-order valence-corrected chi connectivity index (χ2v) is 21.2. The Hall–Kier alpha value is -8.32. The zero-order valence-corrected chi connectivity index (χ0v) is 47.4. The number of fused-ring (bicyclic) bond motifs is 9. The van der Waals surface area contributed by atoms with Gasteiger partial charge >= 0.3 is 0 Å². The number of nitrogens with one attached hydrogen (secondary N) is 10. The van der Waals surface area contributed by atoms with Gasteiger partial charge in [-0.1, -0.05) is 92.4 Å². The predicted octanol–water partition coefficient (Wildman–Crippen LogP) is 11.6. The maximum atomic E-state index is 5.08. The first-order chi connectivity index (χ1) is 40.7. The zero-order valence-electron chi connectivity index (χ0n) is 46.6. The van der Waals surface area contributed by atoms with Gasteiger partial charge in [0.15, 0.2) is 11.5 Å². The minimum absolute atomic E-state index is 0. The van der Waals surface area contributed by atoms with Crippen molar-refractivity contribution in [3.63, 3.8) is 0 Å². The van der Waals surface area contributed by atoms with Crippen LogP contribution in [0.1, 0.15) is 81.4 Å². The summed E-state index contributed by atoms with van der Waals surface area (Å²) in [5.41, 5.74) is 20.4. The van der Waals surface area contributed by atoms with Crippen molar-refractivity contribution in [1.29, 1.82) is 0 Å². The standard InChI is InChI=1S/C9H11N.C8H9N.C8H7N.C7H10N2.C7H6N2.C7H9NS.C7H6O2.2C6H9N3.CH4/c1-2-4-9-7-10-6-5-8(9)3-1;2*1-2-4-8-7(3-1)5-6-9-8;1-4-9-7-2-3-8-5-6(1)7;3*1-2-4-7-6(3-1)8-5-9-7;1-2-7-3-6-5(1)8-4-9-6;1-2-7-4-6-5(1)3-8-9-6;/h1-4,10H,5-7H2;1-4,9H,5-6H2;1-6,9H;1,4,8-9H,2-3,5H2;1-5H,(H,8,9);5H,1-4H2;1-4H,5H2;4,7H,1-3H2,(H,8,9);3,7H,1-2,4H2,(H,8,9);1H4. The van der Waals surface area contributed by atoms with Crippen molar-refractivity contribution in [2.75, 3.05) is 44.8 Å². The summed E-state index contributed by atoms with van der Waals surface area (Å²) in [6.45, 7) is 9.88. The summed E-state index contributed by atoms with van der Waals surface area (Å²) in [6, 6.07) is 45.1. The maximum Gasteiger partial charge on any atom is 0.231 e. The highest BCUT2D eigenvalue weighted by Crippen LogP contribution is 2.30. The van der Waals surface area contributed by atoms with Gasteiger partial charge in [-0.25, -0.2) is 15.0 Å². The first-order valence-corrected chi connectivity index (χ1v) is 29.6. The average Bonchev–Trinajstić information content (AvgIpc) is 4.43. The van der Waals surface area contributed by atoms with E-state index in [9.17, 15) is 0 Å². The van der Waals surface area contributed by atoms with Crippen molar-refractivity contribution in [3.8, 4) is 11.5 Å². The van der Waals surface area contributed by atoms with E-state index < -0.39 is 0 Å². The molecule has 11 aromatic rings. The Labute approximate surface area is 491 Å². The number of anilines is 1. The van der Waals surface area contributed by atoms with Gasteiger partial charge in [0.25, 0.3) is 0 Å². The van der Waals surface area contributed by atoms with Crippen LogP contribution < -0.4 is 36.1 Å². The average molecular weight is 1130 g/mol. The van der Waals surface area contributed by atoms with Gasteiger partial charge in [0, 0.05) is 92.8 Å². The number of aryl methyl sites for hydroxylation is 2. The minimum atomic E-state index is 0. The fourth-order valence-electron chi connectivity index (χ4n) is 10.2. The van der Waals surface area contributed by atoms with E-state index in [1.165, 1.54) is 116 Å². The highest BCUT2D eigenvalue weighted by Gasteiger charge is 2.13. The lowest BCUT2D eigenvalue weighted by Crippen LogP contribution is -2.23. The number of hydrogen-bond donors (Lipinski definition) is 10. The van der Waals surface area contributed by atoms with Crippen molar-refractivity contribution in [2.24, 2.45) is 0 Å². The molecule has 6 aromatic heterocycles. The van der Waals surface area contributed by atoms with Crippen molar-refractivity contribution in [2.45, 2.75) is 91.4 Å². The molecule has 7 aliphatic rings. The number of benzene rings is 5. The van der Waals surface area contributed by atoms with Gasteiger partial charge in [-0.3, -0.25) is 5.10 Å². The third-order valence-electron chi connectivity index (χ3n) is 14.7. The van der Waals surface area contributed by atoms with Crippen molar-refractivity contribution < 1.29 is 9.47 Å². The molecule has 10 N–H and O–H groups in total. The Morgan fingerprint density at radius 1 is 0.434 bits per heavy atom. The molecule has 0 fully saturated rings. The summed E-state index contributed by atoms with van der Waals surface area (Å²) in [5.74, 6) is 1.69. The van der Waals surface area contributed by atoms with Crippen LogP contribution in [0.4, 0.5) is 5.69 Å². The summed E-state index contributed by atoms with van der Waals surface area (Å²) in [7, 11) is 0. The van der Waals surface area contributed by atoms with E-state index in [4.69, 9.17) is 9.47 Å². The first-order valence-electron chi connectivity index (χ1n) is 28.7. The number of ether oxygens (including phenoxy) is 2. The summed E-state index contributed by atoms with van der Waals surface area (Å²) < 4.78 is 10.2. The van der Waals surface area contributed by atoms with Crippen LogP contribution in [0.3, 0.4) is 0 Å². The first kappa shape index (κ1) is 59.3. The molecule has 0 amide bonds. The molecular formula is C66H80N14O2S. The number of rotatable bonds is 0. The number of H-pyrrole nitrogens is 5. The highest BCUT2D eigenvalue weighted by molar-refractivity contribution is 7.09. The van der Waals surface area contributed by atoms with Gasteiger partial charge in [0.1, 0.15) is 0 Å². The second-order valence-electron chi connectivity index (χ2n) is 20.3. The molecule has 18 rings (SSSR count). The Balaban J connectivity index is 0.000000112. The number of aromatic nitrogens is 9. The van der Waals surface area contributed by atoms with E-state index in [1.54, 1.807) is 12.7 Å². The van der Waals surface area contributed by atoms with E-state index in [2.05, 4.69) is 144 Å². The number of imidazole rings is 2. The molecule has 0 spiro atoms. The number of nitrogens with zero attached hydrogens (tertiary/aromatic N) is 4. The molecular weight excluding hydrogens is 1050 g/mol. The molecule has 0 radical (unpaired) electrons. The van der Waals surface area contributed by atoms with Crippen LogP contribution in [0.5, 0.6) is 11.5 Å². The van der Waals surface area contributed by atoms with E-state index in [0.717, 1.165) is 101 Å². The van der Waals surface area contributed by atoms with Gasteiger partial charge in [0.05, 0.1) is 58.2 Å². The monoisotopic (exact) mass is 1130 g/mol. The Bertz CT molecular complexity index is 3080. The van der Waals surface area contributed by atoms with E-state index in [1.807, 2.05) is 96.1 Å². The van der Waals surface area contributed by atoms with Crippen molar-refractivity contribution >= 4 is 39.0 Å². The molecule has 12 heterocycles. The van der Waals surface area contributed by atoms with Gasteiger partial charge in [-0.15, -0.1) is 11.3 Å². The quantitative estimate of drug-likeness (QED) is 0.0691. The largest absolute Gasteiger partial charge is 0.454 e. The van der Waals surface area contributed by atoms with Crippen LogP contribution in [0, 0.1) is 0 Å². The predicted molar refractivity (Wildman–Crippen MR) is 337 cm³/mol. The second kappa shape index (κ2) is 32.4. The van der Waals surface area contributed by atoms with E-state index in [0.29, 0.717) is 6.79 Å². The molecule has 16 nitrogen and oxygen atoms in total. The summed E-state index contributed by atoms with van der Waals surface area (Å²) in [4.78, 5) is 26.5. The third-order valence-corrected chi connectivity index (χ3v) is 15.7. The summed E-state index contributed by atoms with van der Waals surface area (Å²) in [5, 5.41) is 24.6. The van der Waals surface area contributed by atoms with Gasteiger partial charge in [0.2, 0.25) is 6.79 Å².